The van der Waals surface area contributed by atoms with Crippen LogP contribution in [0.25, 0.3) is 17.0 Å². The Balaban J connectivity index is 1.82. The molecule has 1 aromatic heterocycles. The first-order chi connectivity index (χ1) is 13.1. The zero-order valence-corrected chi connectivity index (χ0v) is 14.9. The molecule has 0 fully saturated rings. The molecular formula is C21H18O6. The first-order valence-electron chi connectivity index (χ1n) is 8.19. The quantitative estimate of drug-likeness (QED) is 0.377. The third-order valence-electron chi connectivity index (χ3n) is 3.92. The van der Waals surface area contributed by atoms with Gasteiger partial charge in [-0.1, -0.05) is 30.3 Å². The van der Waals surface area contributed by atoms with Crippen LogP contribution in [0.15, 0.2) is 63.8 Å². The van der Waals surface area contributed by atoms with Gasteiger partial charge in [0.05, 0.1) is 14.2 Å². The molecule has 3 rings (SSSR count). The minimum Gasteiger partial charge on any atom is -0.493 e. The summed E-state index contributed by atoms with van der Waals surface area (Å²) >= 11 is 0. The highest BCUT2D eigenvalue weighted by atomic mass is 16.5. The molecule has 0 aliphatic carbocycles. The number of esters is 1. The van der Waals surface area contributed by atoms with E-state index in [1.54, 1.807) is 18.2 Å². The van der Waals surface area contributed by atoms with Crippen molar-refractivity contribution in [1.82, 2.24) is 0 Å². The van der Waals surface area contributed by atoms with E-state index in [1.165, 1.54) is 26.4 Å². The maximum Gasteiger partial charge on any atom is 0.336 e. The molecule has 6 nitrogen and oxygen atoms in total. The van der Waals surface area contributed by atoms with Crippen molar-refractivity contribution >= 4 is 23.0 Å². The summed E-state index contributed by atoms with van der Waals surface area (Å²) < 4.78 is 21.0. The largest absolute Gasteiger partial charge is 0.493 e. The second-order valence-electron chi connectivity index (χ2n) is 5.65. The van der Waals surface area contributed by atoms with Crippen LogP contribution in [-0.4, -0.2) is 20.2 Å². The van der Waals surface area contributed by atoms with Crippen molar-refractivity contribution in [3.8, 4) is 11.5 Å². The number of hydrogen-bond acceptors (Lipinski definition) is 6. The molecule has 0 radical (unpaired) electrons. The summed E-state index contributed by atoms with van der Waals surface area (Å²) in [4.78, 5) is 23.8. The Morgan fingerprint density at radius 1 is 1.04 bits per heavy atom. The number of rotatable bonds is 6. The molecule has 0 N–H and O–H groups in total. The third-order valence-corrected chi connectivity index (χ3v) is 3.92. The molecule has 0 saturated heterocycles. The molecule has 0 unspecified atom stereocenters. The number of ether oxygens (including phenoxy) is 3. The van der Waals surface area contributed by atoms with Crippen LogP contribution < -0.4 is 15.1 Å². The van der Waals surface area contributed by atoms with Crippen molar-refractivity contribution in [2.45, 2.75) is 6.61 Å². The Morgan fingerprint density at radius 2 is 1.74 bits per heavy atom. The van der Waals surface area contributed by atoms with Gasteiger partial charge in [-0.15, -0.1) is 0 Å². The van der Waals surface area contributed by atoms with Gasteiger partial charge in [-0.3, -0.25) is 0 Å². The molecule has 0 spiro atoms. The van der Waals surface area contributed by atoms with Gasteiger partial charge in [0.2, 0.25) is 0 Å². The minimum absolute atomic E-state index is 0.0739. The normalized spacial score (nSPS) is 10.9. The van der Waals surface area contributed by atoms with Crippen LogP contribution in [-0.2, 0) is 16.1 Å². The molecular weight excluding hydrogens is 348 g/mol. The number of hydrogen-bond donors (Lipinski definition) is 0. The lowest BCUT2D eigenvalue weighted by Gasteiger charge is -2.11. The van der Waals surface area contributed by atoms with E-state index < -0.39 is 11.6 Å². The Kier molecular flexibility index (Phi) is 5.56. The van der Waals surface area contributed by atoms with Crippen molar-refractivity contribution in [3.05, 3.63) is 76.2 Å². The van der Waals surface area contributed by atoms with E-state index in [-0.39, 0.29) is 6.61 Å². The minimum atomic E-state index is -0.541. The van der Waals surface area contributed by atoms with Crippen LogP contribution in [0.2, 0.25) is 0 Å². The van der Waals surface area contributed by atoms with E-state index in [0.717, 1.165) is 5.56 Å². The molecule has 138 valence electrons. The Labute approximate surface area is 155 Å². The monoisotopic (exact) mass is 366 g/mol. The summed E-state index contributed by atoms with van der Waals surface area (Å²) in [6, 6.07) is 13.9. The zero-order chi connectivity index (χ0) is 19.2. The van der Waals surface area contributed by atoms with Gasteiger partial charge < -0.3 is 18.6 Å². The van der Waals surface area contributed by atoms with Crippen LogP contribution in [0.1, 0.15) is 11.1 Å². The molecule has 3 aromatic rings. The molecule has 0 aliphatic rings. The summed E-state index contributed by atoms with van der Waals surface area (Å²) in [6.07, 6.45) is 3.00. The van der Waals surface area contributed by atoms with E-state index in [1.807, 2.05) is 30.3 Å². The van der Waals surface area contributed by atoms with Gasteiger partial charge in [0.15, 0.2) is 11.5 Å². The molecule has 0 saturated carbocycles. The molecule has 6 heteroatoms. The number of methoxy groups -OCH3 is 2. The fourth-order valence-electron chi connectivity index (χ4n) is 2.60. The SMILES string of the molecule is COc1cc2oc(=O)cc(COC(=O)/C=C/c3ccccc3)c2cc1OC. The van der Waals surface area contributed by atoms with Gasteiger partial charge in [0, 0.05) is 29.2 Å². The highest BCUT2D eigenvalue weighted by Crippen LogP contribution is 2.33. The van der Waals surface area contributed by atoms with Gasteiger partial charge in [-0.2, -0.15) is 0 Å². The van der Waals surface area contributed by atoms with Gasteiger partial charge in [0.25, 0.3) is 0 Å². The first kappa shape index (κ1) is 18.3. The number of fused-ring (bicyclic) bond motifs is 1. The molecule has 0 aliphatic heterocycles. The molecule has 0 bridgehead atoms. The Hall–Kier alpha value is -3.54. The highest BCUT2D eigenvalue weighted by Gasteiger charge is 2.13. The molecule has 0 amide bonds. The average molecular weight is 366 g/mol. The van der Waals surface area contributed by atoms with Crippen LogP contribution >= 0.6 is 0 Å². The van der Waals surface area contributed by atoms with Crippen molar-refractivity contribution < 1.29 is 23.4 Å². The van der Waals surface area contributed by atoms with Crippen LogP contribution in [0.4, 0.5) is 0 Å². The van der Waals surface area contributed by atoms with Crippen molar-refractivity contribution in [2.24, 2.45) is 0 Å². The third kappa shape index (κ3) is 4.36. The van der Waals surface area contributed by atoms with Gasteiger partial charge in [-0.25, -0.2) is 9.59 Å². The summed E-state index contributed by atoms with van der Waals surface area (Å²) in [5.41, 5.74) is 1.19. The lowest BCUT2D eigenvalue weighted by atomic mass is 10.1. The van der Waals surface area contributed by atoms with Crippen LogP contribution in [0.3, 0.4) is 0 Å². The predicted molar refractivity (Wildman–Crippen MR) is 101 cm³/mol. The molecule has 1 heterocycles. The van der Waals surface area contributed by atoms with Crippen molar-refractivity contribution in [1.29, 1.82) is 0 Å². The fraction of sp³-hybridized carbons (Fsp3) is 0.143. The number of carbonyl (C=O) groups excluding carboxylic acids is 1. The van der Waals surface area contributed by atoms with Crippen LogP contribution in [0.5, 0.6) is 11.5 Å². The smallest absolute Gasteiger partial charge is 0.336 e. The second-order valence-corrected chi connectivity index (χ2v) is 5.65. The van der Waals surface area contributed by atoms with E-state index >= 15 is 0 Å². The topological polar surface area (TPSA) is 75.0 Å². The maximum atomic E-state index is 12.0. The lowest BCUT2D eigenvalue weighted by Crippen LogP contribution is -2.06. The summed E-state index contributed by atoms with van der Waals surface area (Å²) in [7, 11) is 3.00. The Bertz CT molecular complexity index is 1030. The van der Waals surface area contributed by atoms with Gasteiger partial charge >= 0.3 is 11.6 Å². The molecule has 2 aromatic carbocycles. The standard InChI is InChI=1S/C21H18O6/c1-24-18-11-16-15(10-21(23)27-17(16)12-19(18)25-2)13-26-20(22)9-8-14-6-4-3-5-7-14/h3-12H,13H2,1-2H3/b9-8+. The fourth-order valence-corrected chi connectivity index (χ4v) is 2.60. The summed E-state index contributed by atoms with van der Waals surface area (Å²) in [5.74, 6) is 0.407. The van der Waals surface area contributed by atoms with E-state index in [9.17, 15) is 9.59 Å². The number of carbonyl (C=O) groups is 1. The summed E-state index contributed by atoms with van der Waals surface area (Å²) in [6.45, 7) is -0.0739. The van der Waals surface area contributed by atoms with E-state index in [2.05, 4.69) is 0 Å². The number of benzene rings is 2. The predicted octanol–water partition coefficient (Wildman–Crippen LogP) is 3.57. The maximum absolute atomic E-state index is 12.0. The van der Waals surface area contributed by atoms with Gasteiger partial charge in [-0.05, 0) is 17.7 Å². The lowest BCUT2D eigenvalue weighted by molar-refractivity contribution is -0.138. The van der Waals surface area contributed by atoms with E-state index in [4.69, 9.17) is 18.6 Å². The second kappa shape index (κ2) is 8.23. The molecule has 0 atom stereocenters. The summed E-state index contributed by atoms with van der Waals surface area (Å²) in [5, 5.41) is 0.604. The van der Waals surface area contributed by atoms with Crippen molar-refractivity contribution in [3.63, 3.8) is 0 Å². The molecule has 27 heavy (non-hydrogen) atoms. The van der Waals surface area contributed by atoms with E-state index in [0.29, 0.717) is 28.0 Å². The highest BCUT2D eigenvalue weighted by molar-refractivity contribution is 5.88. The van der Waals surface area contributed by atoms with Crippen molar-refractivity contribution in [2.75, 3.05) is 14.2 Å². The first-order valence-corrected chi connectivity index (χ1v) is 8.19. The average Bonchev–Trinajstić information content (AvgIpc) is 2.70. The van der Waals surface area contributed by atoms with Crippen LogP contribution in [0, 0.1) is 0 Å². The van der Waals surface area contributed by atoms with Gasteiger partial charge in [0.1, 0.15) is 12.2 Å². The Morgan fingerprint density at radius 3 is 2.44 bits per heavy atom. The zero-order valence-electron chi connectivity index (χ0n) is 14.9.